The van der Waals surface area contributed by atoms with E-state index in [1.54, 1.807) is 12.1 Å². The van der Waals surface area contributed by atoms with Crippen molar-refractivity contribution >= 4 is 5.91 Å². The van der Waals surface area contributed by atoms with E-state index in [1.807, 2.05) is 11.7 Å². The molecule has 1 aliphatic carbocycles. The van der Waals surface area contributed by atoms with Gasteiger partial charge in [0.25, 0.3) is 0 Å². The van der Waals surface area contributed by atoms with E-state index in [9.17, 15) is 9.18 Å². The monoisotopic (exact) mass is 396 g/mol. The molecule has 6 heteroatoms. The molecule has 1 aromatic carbocycles. The third kappa shape index (κ3) is 4.93. The number of hydrogen-bond acceptors (Lipinski definition) is 3. The van der Waals surface area contributed by atoms with Crippen LogP contribution in [0.3, 0.4) is 0 Å². The second-order valence-electron chi connectivity index (χ2n) is 8.19. The third-order valence-electron chi connectivity index (χ3n) is 6.08. The molecular weight excluding hydrogens is 367 g/mol. The lowest BCUT2D eigenvalue weighted by Gasteiger charge is -2.33. The van der Waals surface area contributed by atoms with Crippen molar-refractivity contribution < 1.29 is 9.18 Å². The van der Waals surface area contributed by atoms with Gasteiger partial charge in [0.15, 0.2) is 0 Å². The molecule has 0 unspecified atom stereocenters. The molecular formula is C23H29FN4O. The lowest BCUT2D eigenvalue weighted by atomic mass is 9.93. The predicted octanol–water partition coefficient (Wildman–Crippen LogP) is 3.66. The largest absolute Gasteiger partial charge is 0.353 e. The van der Waals surface area contributed by atoms with Crippen LogP contribution in [-0.2, 0) is 18.4 Å². The van der Waals surface area contributed by atoms with Crippen molar-refractivity contribution in [2.24, 2.45) is 13.0 Å². The van der Waals surface area contributed by atoms with Gasteiger partial charge in [0.2, 0.25) is 5.91 Å². The first-order chi connectivity index (χ1) is 14.1. The average molecular weight is 397 g/mol. The maximum Gasteiger partial charge on any atom is 0.223 e. The number of carbonyl (C=O) groups is 1. The molecule has 1 fully saturated rings. The molecule has 4 rings (SSSR count). The summed E-state index contributed by atoms with van der Waals surface area (Å²) < 4.78 is 15.1. The Balaban J connectivity index is 1.29. The summed E-state index contributed by atoms with van der Waals surface area (Å²) in [6.45, 7) is 2.76. The Bertz CT molecular complexity index is 866. The van der Waals surface area contributed by atoms with Crippen molar-refractivity contribution in [2.45, 2.75) is 44.7 Å². The van der Waals surface area contributed by atoms with Gasteiger partial charge >= 0.3 is 0 Å². The van der Waals surface area contributed by atoms with Crippen LogP contribution in [0.4, 0.5) is 4.39 Å². The maximum absolute atomic E-state index is 13.2. The molecule has 1 atom stereocenters. The topological polar surface area (TPSA) is 50.2 Å². The molecule has 5 nitrogen and oxygen atoms in total. The number of piperidine rings is 1. The number of nitrogens with one attached hydrogen (secondary N) is 1. The molecule has 2 aromatic rings. The van der Waals surface area contributed by atoms with Gasteiger partial charge in [-0.1, -0.05) is 12.2 Å². The smallest absolute Gasteiger partial charge is 0.223 e. The van der Waals surface area contributed by atoms with Crippen molar-refractivity contribution in [3.8, 4) is 11.3 Å². The van der Waals surface area contributed by atoms with E-state index in [0.717, 1.165) is 68.7 Å². The van der Waals surface area contributed by atoms with Crippen LogP contribution in [0, 0.1) is 11.7 Å². The van der Waals surface area contributed by atoms with Crippen molar-refractivity contribution in [3.05, 3.63) is 54.0 Å². The van der Waals surface area contributed by atoms with E-state index >= 15 is 0 Å². The van der Waals surface area contributed by atoms with Crippen molar-refractivity contribution in [1.29, 1.82) is 0 Å². The minimum Gasteiger partial charge on any atom is -0.353 e. The lowest BCUT2D eigenvalue weighted by molar-refractivity contribution is -0.126. The molecule has 0 saturated carbocycles. The number of rotatable bonds is 5. The molecule has 29 heavy (non-hydrogen) atoms. The van der Waals surface area contributed by atoms with E-state index in [2.05, 4.69) is 33.5 Å². The summed E-state index contributed by atoms with van der Waals surface area (Å²) in [5.41, 5.74) is 2.93. The summed E-state index contributed by atoms with van der Waals surface area (Å²) in [6.07, 6.45) is 9.13. The predicted molar refractivity (Wildman–Crippen MR) is 112 cm³/mol. The minimum absolute atomic E-state index is 0.150. The van der Waals surface area contributed by atoms with Crippen LogP contribution >= 0.6 is 0 Å². The highest BCUT2D eigenvalue weighted by Gasteiger charge is 2.25. The highest BCUT2D eigenvalue weighted by molar-refractivity contribution is 5.79. The molecule has 154 valence electrons. The molecule has 2 aliphatic rings. The van der Waals surface area contributed by atoms with Crippen LogP contribution < -0.4 is 5.32 Å². The Labute approximate surface area is 171 Å². The first kappa shape index (κ1) is 19.8. The van der Waals surface area contributed by atoms with Gasteiger partial charge in [-0.05, 0) is 62.4 Å². The fraction of sp³-hybridized carbons (Fsp3) is 0.478. The van der Waals surface area contributed by atoms with Gasteiger partial charge in [-0.2, -0.15) is 5.10 Å². The average Bonchev–Trinajstić information content (AvgIpc) is 3.11. The van der Waals surface area contributed by atoms with Gasteiger partial charge in [0.1, 0.15) is 5.82 Å². The molecule has 1 amide bonds. The lowest BCUT2D eigenvalue weighted by Crippen LogP contribution is -2.46. The minimum atomic E-state index is -0.236. The Morgan fingerprint density at radius 1 is 1.17 bits per heavy atom. The van der Waals surface area contributed by atoms with Crippen LogP contribution in [0.1, 0.15) is 37.8 Å². The van der Waals surface area contributed by atoms with Gasteiger partial charge < -0.3 is 5.32 Å². The van der Waals surface area contributed by atoms with E-state index < -0.39 is 0 Å². The first-order valence-electron chi connectivity index (χ1n) is 10.5. The Morgan fingerprint density at radius 2 is 1.93 bits per heavy atom. The number of amides is 1. The number of carbonyl (C=O) groups excluding carboxylic acids is 1. The number of benzene rings is 1. The summed E-state index contributed by atoms with van der Waals surface area (Å²) in [7, 11) is 1.95. The fourth-order valence-electron chi connectivity index (χ4n) is 4.23. The van der Waals surface area contributed by atoms with Crippen molar-refractivity contribution in [3.63, 3.8) is 0 Å². The van der Waals surface area contributed by atoms with Gasteiger partial charge in [-0.15, -0.1) is 0 Å². The Kier molecular flexibility index (Phi) is 6.09. The zero-order chi connectivity index (χ0) is 20.2. The number of halogens is 1. The standard InChI is InChI=1S/C23H29FN4O/c1-27-21(15-22(26-27)17-7-9-19(24)10-8-17)16-28-13-11-20(12-14-28)25-23(29)18-5-3-2-4-6-18/h2-3,7-10,15,18,20H,4-6,11-14,16H2,1H3,(H,25,29)/t18-/m1/s1. The van der Waals surface area contributed by atoms with E-state index in [4.69, 9.17) is 0 Å². The number of hydrogen-bond donors (Lipinski definition) is 1. The highest BCUT2D eigenvalue weighted by atomic mass is 19.1. The van der Waals surface area contributed by atoms with E-state index in [-0.39, 0.29) is 23.7 Å². The number of nitrogens with zero attached hydrogens (tertiary/aromatic N) is 3. The SMILES string of the molecule is Cn1nc(-c2ccc(F)cc2)cc1CN1CCC(NC(=O)[C@@H]2CC=CCC2)CC1. The van der Waals surface area contributed by atoms with Crippen LogP contribution in [0.2, 0.25) is 0 Å². The number of aromatic nitrogens is 2. The molecule has 0 spiro atoms. The zero-order valence-corrected chi connectivity index (χ0v) is 17.0. The molecule has 1 saturated heterocycles. The second-order valence-corrected chi connectivity index (χ2v) is 8.19. The van der Waals surface area contributed by atoms with Crippen LogP contribution in [-0.4, -0.2) is 39.7 Å². The molecule has 2 heterocycles. The van der Waals surface area contributed by atoms with Gasteiger partial charge in [0.05, 0.1) is 11.4 Å². The summed E-state index contributed by atoms with van der Waals surface area (Å²) in [5.74, 6) is 0.139. The summed E-state index contributed by atoms with van der Waals surface area (Å²) in [4.78, 5) is 14.9. The first-order valence-corrected chi connectivity index (χ1v) is 10.5. The van der Waals surface area contributed by atoms with Gasteiger partial charge in [-0.25, -0.2) is 4.39 Å². The Morgan fingerprint density at radius 3 is 2.62 bits per heavy atom. The third-order valence-corrected chi connectivity index (χ3v) is 6.08. The summed E-state index contributed by atoms with van der Waals surface area (Å²) >= 11 is 0. The van der Waals surface area contributed by atoms with Crippen LogP contribution in [0.15, 0.2) is 42.5 Å². The highest BCUT2D eigenvalue weighted by Crippen LogP contribution is 2.22. The zero-order valence-electron chi connectivity index (χ0n) is 17.0. The number of aryl methyl sites for hydroxylation is 1. The van der Waals surface area contributed by atoms with Gasteiger partial charge in [0, 0.05) is 44.2 Å². The van der Waals surface area contributed by atoms with Gasteiger partial charge in [-0.3, -0.25) is 14.4 Å². The summed E-state index contributed by atoms with van der Waals surface area (Å²) in [6, 6.07) is 8.82. The molecule has 1 aliphatic heterocycles. The quantitative estimate of drug-likeness (QED) is 0.785. The molecule has 0 bridgehead atoms. The fourth-order valence-corrected chi connectivity index (χ4v) is 4.23. The maximum atomic E-state index is 13.2. The van der Waals surface area contributed by atoms with Crippen LogP contribution in [0.25, 0.3) is 11.3 Å². The normalized spacial score (nSPS) is 20.7. The summed E-state index contributed by atoms with van der Waals surface area (Å²) in [5, 5.41) is 7.85. The molecule has 1 aromatic heterocycles. The molecule has 0 radical (unpaired) electrons. The van der Waals surface area contributed by atoms with E-state index in [0.29, 0.717) is 0 Å². The second kappa shape index (κ2) is 8.91. The van der Waals surface area contributed by atoms with Crippen LogP contribution in [0.5, 0.6) is 0 Å². The van der Waals surface area contributed by atoms with Crippen molar-refractivity contribution in [1.82, 2.24) is 20.0 Å². The number of likely N-dealkylation sites (tertiary alicyclic amines) is 1. The van der Waals surface area contributed by atoms with E-state index in [1.165, 1.54) is 12.1 Å². The van der Waals surface area contributed by atoms with Crippen molar-refractivity contribution in [2.75, 3.05) is 13.1 Å². The molecule has 1 N–H and O–H groups in total. The number of allylic oxidation sites excluding steroid dienone is 2. The Hall–Kier alpha value is -2.47.